The van der Waals surface area contributed by atoms with Gasteiger partial charge in [0.2, 0.25) is 5.91 Å². The molecule has 1 aliphatic rings. The van der Waals surface area contributed by atoms with Crippen LogP contribution >= 0.6 is 12.2 Å². The third-order valence-corrected chi connectivity index (χ3v) is 4.73. The zero-order valence-electron chi connectivity index (χ0n) is 13.3. The molecule has 0 saturated carbocycles. The highest BCUT2D eigenvalue weighted by Gasteiger charge is 2.20. The number of carbonyl (C=O) groups is 1. The van der Waals surface area contributed by atoms with E-state index in [9.17, 15) is 4.79 Å². The number of piperidine rings is 1. The second-order valence-electron chi connectivity index (χ2n) is 6.00. The normalized spacial score (nSPS) is 15.3. The van der Waals surface area contributed by atoms with E-state index in [2.05, 4.69) is 22.3 Å². The molecule has 0 bridgehead atoms. The van der Waals surface area contributed by atoms with Gasteiger partial charge in [-0.2, -0.15) is 0 Å². The van der Waals surface area contributed by atoms with Crippen molar-refractivity contribution in [2.75, 3.05) is 13.1 Å². The topological polar surface area (TPSA) is 64.6 Å². The predicted molar refractivity (Wildman–Crippen MR) is 94.0 cm³/mol. The van der Waals surface area contributed by atoms with Crippen LogP contribution in [0, 0.1) is 5.92 Å². The van der Waals surface area contributed by atoms with E-state index in [-0.39, 0.29) is 5.91 Å². The van der Waals surface area contributed by atoms with E-state index in [0.29, 0.717) is 12.3 Å². The molecular weight excluding hydrogens is 310 g/mol. The molecule has 1 fully saturated rings. The molecule has 1 heterocycles. The summed E-state index contributed by atoms with van der Waals surface area (Å²) >= 11 is 5.48. The monoisotopic (exact) mass is 335 g/mol. The molecule has 0 aliphatic carbocycles. The molecule has 1 aromatic carbocycles. The summed E-state index contributed by atoms with van der Waals surface area (Å²) in [7, 11) is 0. The molecular formula is C17H25N3O2S. The second kappa shape index (κ2) is 9.47. The van der Waals surface area contributed by atoms with Gasteiger partial charge in [0.05, 0.1) is 0 Å². The number of hydroxylamine groups is 1. The maximum Gasteiger partial charge on any atom is 0.243 e. The first-order valence-electron chi connectivity index (χ1n) is 8.18. The molecule has 23 heavy (non-hydrogen) atoms. The summed E-state index contributed by atoms with van der Waals surface area (Å²) in [4.78, 5) is 13.2. The standard InChI is InChI=1S/C17H25N3O2S/c21-16(19-22)8-4-7-14-9-11-20(12-10-14)17(23)18-13-15-5-2-1-3-6-15/h1-3,5-6,14,22H,4,7-13H2,(H,18,23)(H,19,21). The van der Waals surface area contributed by atoms with Gasteiger partial charge in [-0.15, -0.1) is 0 Å². The molecule has 2 rings (SSSR count). The summed E-state index contributed by atoms with van der Waals surface area (Å²) in [5.74, 6) is 0.350. The van der Waals surface area contributed by atoms with Crippen LogP contribution in [0.3, 0.4) is 0 Å². The Morgan fingerprint density at radius 2 is 1.96 bits per heavy atom. The van der Waals surface area contributed by atoms with Crippen LogP contribution in [0.5, 0.6) is 0 Å². The zero-order chi connectivity index (χ0) is 16.5. The highest BCUT2D eigenvalue weighted by atomic mass is 32.1. The van der Waals surface area contributed by atoms with Gasteiger partial charge in [-0.1, -0.05) is 30.3 Å². The lowest BCUT2D eigenvalue weighted by atomic mass is 9.91. The summed E-state index contributed by atoms with van der Waals surface area (Å²) in [6.45, 7) is 2.70. The van der Waals surface area contributed by atoms with Crippen molar-refractivity contribution in [1.29, 1.82) is 0 Å². The van der Waals surface area contributed by atoms with Crippen LogP contribution in [0.1, 0.15) is 37.7 Å². The molecule has 6 heteroatoms. The maximum absolute atomic E-state index is 11.0. The summed E-state index contributed by atoms with van der Waals surface area (Å²) in [6, 6.07) is 10.2. The number of carbonyl (C=O) groups excluding carboxylic acids is 1. The van der Waals surface area contributed by atoms with Crippen LogP contribution in [-0.2, 0) is 11.3 Å². The van der Waals surface area contributed by atoms with Gasteiger partial charge in [-0.25, -0.2) is 5.48 Å². The van der Waals surface area contributed by atoms with E-state index in [1.54, 1.807) is 5.48 Å². The van der Waals surface area contributed by atoms with Crippen LogP contribution in [-0.4, -0.2) is 34.2 Å². The molecule has 1 aromatic rings. The highest BCUT2D eigenvalue weighted by molar-refractivity contribution is 7.80. The van der Waals surface area contributed by atoms with Crippen molar-refractivity contribution in [3.63, 3.8) is 0 Å². The first kappa shape index (κ1) is 17.7. The van der Waals surface area contributed by atoms with Gasteiger partial charge in [0.1, 0.15) is 0 Å². The minimum Gasteiger partial charge on any atom is -0.358 e. The average molecular weight is 335 g/mol. The van der Waals surface area contributed by atoms with Crippen molar-refractivity contribution in [1.82, 2.24) is 15.7 Å². The number of hydrogen-bond donors (Lipinski definition) is 3. The Kier molecular flexibility index (Phi) is 7.29. The number of nitrogens with one attached hydrogen (secondary N) is 2. The fourth-order valence-electron chi connectivity index (χ4n) is 2.92. The lowest BCUT2D eigenvalue weighted by Gasteiger charge is -2.34. The molecule has 5 nitrogen and oxygen atoms in total. The number of amides is 1. The van der Waals surface area contributed by atoms with Crippen molar-refractivity contribution >= 4 is 23.2 Å². The molecule has 0 unspecified atom stereocenters. The van der Waals surface area contributed by atoms with Gasteiger partial charge in [0.25, 0.3) is 0 Å². The SMILES string of the molecule is O=C(CCCC1CCN(C(=S)NCc2ccccc2)CC1)NO. The minimum atomic E-state index is -0.297. The Balaban J connectivity index is 1.63. The lowest BCUT2D eigenvalue weighted by molar-refractivity contribution is -0.129. The number of likely N-dealkylation sites (tertiary alicyclic amines) is 1. The van der Waals surface area contributed by atoms with Crippen molar-refractivity contribution in [3.8, 4) is 0 Å². The van der Waals surface area contributed by atoms with Crippen molar-refractivity contribution in [2.45, 2.75) is 38.6 Å². The second-order valence-corrected chi connectivity index (χ2v) is 6.39. The van der Waals surface area contributed by atoms with Gasteiger partial charge in [-0.3, -0.25) is 10.0 Å². The van der Waals surface area contributed by atoms with Crippen LogP contribution in [0.2, 0.25) is 0 Å². The van der Waals surface area contributed by atoms with Gasteiger partial charge in [0.15, 0.2) is 5.11 Å². The van der Waals surface area contributed by atoms with Crippen molar-refractivity contribution in [2.24, 2.45) is 5.92 Å². The number of benzene rings is 1. The average Bonchev–Trinajstić information content (AvgIpc) is 2.61. The Morgan fingerprint density at radius 3 is 2.61 bits per heavy atom. The van der Waals surface area contributed by atoms with Gasteiger partial charge >= 0.3 is 0 Å². The van der Waals surface area contributed by atoms with E-state index >= 15 is 0 Å². The maximum atomic E-state index is 11.0. The summed E-state index contributed by atoms with van der Waals surface area (Å²) < 4.78 is 0. The molecule has 0 aromatic heterocycles. The fraction of sp³-hybridized carbons (Fsp3) is 0.529. The Morgan fingerprint density at radius 1 is 1.26 bits per heavy atom. The van der Waals surface area contributed by atoms with E-state index in [1.807, 2.05) is 18.2 Å². The largest absolute Gasteiger partial charge is 0.358 e. The number of hydrogen-bond acceptors (Lipinski definition) is 3. The number of thiocarbonyl (C=S) groups is 1. The Bertz CT molecular complexity index is 502. The Labute approximate surface area is 143 Å². The lowest BCUT2D eigenvalue weighted by Crippen LogP contribution is -2.44. The van der Waals surface area contributed by atoms with Crippen molar-refractivity contribution in [3.05, 3.63) is 35.9 Å². The first-order valence-corrected chi connectivity index (χ1v) is 8.59. The van der Waals surface area contributed by atoms with E-state index < -0.39 is 0 Å². The van der Waals surface area contributed by atoms with Crippen LogP contribution in [0.25, 0.3) is 0 Å². The van der Waals surface area contributed by atoms with Gasteiger partial charge < -0.3 is 10.2 Å². The van der Waals surface area contributed by atoms with E-state index in [0.717, 1.165) is 50.4 Å². The first-order chi connectivity index (χ1) is 11.2. The molecule has 0 spiro atoms. The summed E-state index contributed by atoms with van der Waals surface area (Å²) in [5, 5.41) is 12.6. The zero-order valence-corrected chi connectivity index (χ0v) is 14.1. The highest BCUT2D eigenvalue weighted by Crippen LogP contribution is 2.22. The van der Waals surface area contributed by atoms with Gasteiger partial charge in [0, 0.05) is 26.1 Å². The minimum absolute atomic E-state index is 0.297. The summed E-state index contributed by atoms with van der Waals surface area (Å²) in [6.07, 6.45) is 4.47. The molecule has 0 radical (unpaired) electrons. The Hall–Kier alpha value is -1.66. The van der Waals surface area contributed by atoms with Crippen LogP contribution < -0.4 is 10.8 Å². The van der Waals surface area contributed by atoms with Gasteiger partial charge in [-0.05, 0) is 49.4 Å². The van der Waals surface area contributed by atoms with Crippen molar-refractivity contribution < 1.29 is 10.0 Å². The number of rotatable bonds is 6. The molecule has 126 valence electrons. The molecule has 1 saturated heterocycles. The third-order valence-electron chi connectivity index (χ3n) is 4.33. The molecule has 1 aliphatic heterocycles. The quantitative estimate of drug-likeness (QED) is 0.423. The molecule has 1 amide bonds. The third kappa shape index (κ3) is 6.15. The molecule has 0 atom stereocenters. The van der Waals surface area contributed by atoms with E-state index in [4.69, 9.17) is 17.4 Å². The predicted octanol–water partition coefficient (Wildman–Crippen LogP) is 2.45. The van der Waals surface area contributed by atoms with Crippen LogP contribution in [0.15, 0.2) is 30.3 Å². The summed E-state index contributed by atoms with van der Waals surface area (Å²) in [5.41, 5.74) is 2.91. The van der Waals surface area contributed by atoms with E-state index in [1.165, 1.54) is 5.56 Å². The number of nitrogens with zero attached hydrogens (tertiary/aromatic N) is 1. The fourth-order valence-corrected chi connectivity index (χ4v) is 3.17. The smallest absolute Gasteiger partial charge is 0.243 e. The molecule has 3 N–H and O–H groups in total. The van der Waals surface area contributed by atoms with Crippen LogP contribution in [0.4, 0.5) is 0 Å².